The molecule has 1 atom stereocenters. The summed E-state index contributed by atoms with van der Waals surface area (Å²) in [4.78, 5) is 8.64. The molecule has 1 aromatic carbocycles. The summed E-state index contributed by atoms with van der Waals surface area (Å²) in [6.45, 7) is 2.95. The van der Waals surface area contributed by atoms with Crippen molar-refractivity contribution < 1.29 is 13.2 Å². The molecule has 0 saturated carbocycles. The van der Waals surface area contributed by atoms with Crippen LogP contribution in [0.25, 0.3) is 0 Å². The minimum atomic E-state index is -4.37. The second-order valence-corrected chi connectivity index (χ2v) is 6.39. The number of nitrogens with zero attached hydrogens (tertiary/aromatic N) is 4. The first kappa shape index (κ1) is 19.7. The molecule has 28 heavy (non-hydrogen) atoms. The van der Waals surface area contributed by atoms with Gasteiger partial charge in [0, 0.05) is 19.2 Å². The number of guanidine groups is 1. The van der Waals surface area contributed by atoms with E-state index in [1.54, 1.807) is 13.1 Å². The Morgan fingerprint density at radius 3 is 2.96 bits per heavy atom. The largest absolute Gasteiger partial charge is 0.416 e. The van der Waals surface area contributed by atoms with E-state index in [1.165, 1.54) is 6.07 Å². The summed E-state index contributed by atoms with van der Waals surface area (Å²) in [5, 5.41) is 10.7. The molecule has 1 aliphatic rings. The maximum absolute atomic E-state index is 12.7. The Bertz CT molecular complexity index is 920. The molecule has 2 N–H and O–H groups in total. The maximum Gasteiger partial charge on any atom is 0.416 e. The second kappa shape index (κ2) is 8.33. The zero-order valence-electron chi connectivity index (χ0n) is 15.6. The number of aliphatic imine (C=N–C) groups is 1. The molecule has 0 fully saturated rings. The Kier molecular flexibility index (Phi) is 5.87. The monoisotopic (exact) mass is 390 g/mol. The van der Waals surface area contributed by atoms with Crippen molar-refractivity contribution in [2.75, 3.05) is 13.6 Å². The molecule has 3 rings (SSSR count). The standard InChI is InChI=1S/C19H21F3N6/c1-13-25-17-16(9-5-11-28(17)27-13)26-18(23-2)24-10-4-7-14-6-3-8-15(12-14)19(20,21)22/h3,6,8,12,16H,5,9-11H2,1-2H3,(H2,23,24,26). The maximum atomic E-state index is 12.7. The van der Waals surface area contributed by atoms with Crippen LogP contribution in [-0.4, -0.2) is 34.3 Å². The van der Waals surface area contributed by atoms with Crippen LogP contribution in [0.1, 0.15) is 41.7 Å². The molecule has 0 amide bonds. The second-order valence-electron chi connectivity index (χ2n) is 6.39. The quantitative estimate of drug-likeness (QED) is 0.470. The normalized spacial score (nSPS) is 16.8. The van der Waals surface area contributed by atoms with Gasteiger partial charge in [-0.1, -0.05) is 17.9 Å². The third-order valence-electron chi connectivity index (χ3n) is 4.28. The third-order valence-corrected chi connectivity index (χ3v) is 4.28. The highest BCUT2D eigenvalue weighted by molar-refractivity contribution is 5.80. The van der Waals surface area contributed by atoms with Crippen molar-refractivity contribution in [2.24, 2.45) is 4.99 Å². The zero-order chi connectivity index (χ0) is 20.1. The molecule has 0 bridgehead atoms. The Morgan fingerprint density at radius 1 is 1.39 bits per heavy atom. The van der Waals surface area contributed by atoms with Gasteiger partial charge in [-0.25, -0.2) is 9.67 Å². The lowest BCUT2D eigenvalue weighted by Gasteiger charge is -2.24. The van der Waals surface area contributed by atoms with Crippen LogP contribution in [0.2, 0.25) is 0 Å². The SMILES string of the molecule is CN=C(NCC#Cc1cccc(C(F)(F)F)c1)NC1CCCn2nc(C)nc21. The summed E-state index contributed by atoms with van der Waals surface area (Å²) in [5.41, 5.74) is -0.392. The Morgan fingerprint density at radius 2 is 2.21 bits per heavy atom. The first-order valence-electron chi connectivity index (χ1n) is 8.91. The molecular weight excluding hydrogens is 369 g/mol. The fourth-order valence-electron chi connectivity index (χ4n) is 3.01. The molecule has 2 heterocycles. The van der Waals surface area contributed by atoms with Gasteiger partial charge in [0.05, 0.1) is 18.2 Å². The Balaban J connectivity index is 1.59. The number of aryl methyl sites for hydroxylation is 2. The number of hydrogen-bond acceptors (Lipinski definition) is 3. The molecule has 6 nitrogen and oxygen atoms in total. The van der Waals surface area contributed by atoms with Gasteiger partial charge in [0.15, 0.2) is 5.96 Å². The van der Waals surface area contributed by atoms with E-state index in [9.17, 15) is 13.2 Å². The first-order chi connectivity index (χ1) is 13.4. The van der Waals surface area contributed by atoms with E-state index in [1.807, 2.05) is 11.6 Å². The molecule has 1 unspecified atom stereocenters. The lowest BCUT2D eigenvalue weighted by atomic mass is 10.1. The van der Waals surface area contributed by atoms with Crippen LogP contribution in [0.15, 0.2) is 29.3 Å². The van der Waals surface area contributed by atoms with Crippen LogP contribution < -0.4 is 10.6 Å². The molecule has 0 saturated heterocycles. The number of rotatable bonds is 2. The van der Waals surface area contributed by atoms with Crippen LogP contribution in [0.4, 0.5) is 13.2 Å². The van der Waals surface area contributed by atoms with Crippen molar-refractivity contribution in [3.8, 4) is 11.8 Å². The summed E-state index contributed by atoms with van der Waals surface area (Å²) < 4.78 is 40.1. The average molecular weight is 390 g/mol. The molecule has 0 spiro atoms. The van der Waals surface area contributed by atoms with Gasteiger partial charge in [-0.15, -0.1) is 0 Å². The van der Waals surface area contributed by atoms with Gasteiger partial charge in [-0.3, -0.25) is 4.99 Å². The zero-order valence-corrected chi connectivity index (χ0v) is 15.6. The van der Waals surface area contributed by atoms with Crippen LogP contribution >= 0.6 is 0 Å². The number of aromatic nitrogens is 3. The van der Waals surface area contributed by atoms with Gasteiger partial charge >= 0.3 is 6.18 Å². The van der Waals surface area contributed by atoms with E-state index >= 15 is 0 Å². The van der Waals surface area contributed by atoms with Crippen molar-refractivity contribution in [1.82, 2.24) is 25.4 Å². The molecule has 0 radical (unpaired) electrons. The molecule has 9 heteroatoms. The number of nitrogens with one attached hydrogen (secondary N) is 2. The molecule has 0 aliphatic carbocycles. The van der Waals surface area contributed by atoms with Gasteiger partial charge in [0.1, 0.15) is 11.6 Å². The fraction of sp³-hybridized carbons (Fsp3) is 0.421. The highest BCUT2D eigenvalue weighted by Gasteiger charge is 2.30. The van der Waals surface area contributed by atoms with Gasteiger partial charge in [-0.2, -0.15) is 18.3 Å². The molecule has 2 aromatic rings. The number of halogens is 3. The van der Waals surface area contributed by atoms with Crippen LogP contribution in [0.5, 0.6) is 0 Å². The highest BCUT2D eigenvalue weighted by Crippen LogP contribution is 2.29. The van der Waals surface area contributed by atoms with Gasteiger partial charge in [0.25, 0.3) is 0 Å². The van der Waals surface area contributed by atoms with Crippen LogP contribution in [-0.2, 0) is 12.7 Å². The molecule has 1 aromatic heterocycles. The lowest BCUT2D eigenvalue weighted by molar-refractivity contribution is -0.137. The topological polar surface area (TPSA) is 67.1 Å². The van der Waals surface area contributed by atoms with E-state index in [2.05, 4.69) is 37.5 Å². The van der Waals surface area contributed by atoms with Crippen molar-refractivity contribution in [2.45, 2.75) is 38.5 Å². The van der Waals surface area contributed by atoms with Gasteiger partial charge < -0.3 is 10.6 Å². The van der Waals surface area contributed by atoms with E-state index in [-0.39, 0.29) is 12.6 Å². The fourth-order valence-corrected chi connectivity index (χ4v) is 3.01. The summed E-state index contributed by atoms with van der Waals surface area (Å²) in [5.74, 6) is 7.73. The van der Waals surface area contributed by atoms with E-state index in [0.29, 0.717) is 11.5 Å². The van der Waals surface area contributed by atoms with Crippen LogP contribution in [0.3, 0.4) is 0 Å². The summed E-state index contributed by atoms with van der Waals surface area (Å²) in [6.07, 6.45) is -2.48. The first-order valence-corrected chi connectivity index (χ1v) is 8.91. The van der Waals surface area contributed by atoms with Gasteiger partial charge in [-0.05, 0) is 38.0 Å². The highest BCUT2D eigenvalue weighted by atomic mass is 19.4. The summed E-state index contributed by atoms with van der Waals surface area (Å²) in [7, 11) is 1.65. The number of hydrogen-bond donors (Lipinski definition) is 2. The number of benzene rings is 1. The smallest absolute Gasteiger partial charge is 0.346 e. The molecule has 148 valence electrons. The predicted molar refractivity (Wildman–Crippen MR) is 99.6 cm³/mol. The minimum absolute atomic E-state index is 0.00224. The molecule has 1 aliphatic heterocycles. The summed E-state index contributed by atoms with van der Waals surface area (Å²) in [6, 6.07) is 4.96. The molecular formula is C19H21F3N6. The summed E-state index contributed by atoms with van der Waals surface area (Å²) >= 11 is 0. The number of fused-ring (bicyclic) bond motifs is 1. The van der Waals surface area contributed by atoms with E-state index in [0.717, 1.165) is 43.2 Å². The van der Waals surface area contributed by atoms with Crippen molar-refractivity contribution in [1.29, 1.82) is 0 Å². The number of alkyl halides is 3. The average Bonchev–Trinajstić information content (AvgIpc) is 3.05. The van der Waals surface area contributed by atoms with Crippen molar-refractivity contribution in [3.63, 3.8) is 0 Å². The predicted octanol–water partition coefficient (Wildman–Crippen LogP) is 2.66. The Labute approximate surface area is 161 Å². The third kappa shape index (κ3) is 4.82. The van der Waals surface area contributed by atoms with Crippen molar-refractivity contribution >= 4 is 5.96 Å². The minimum Gasteiger partial charge on any atom is -0.346 e. The van der Waals surface area contributed by atoms with E-state index < -0.39 is 11.7 Å². The van der Waals surface area contributed by atoms with Crippen molar-refractivity contribution in [3.05, 3.63) is 47.0 Å². The Hall–Kier alpha value is -3.02. The van der Waals surface area contributed by atoms with E-state index in [4.69, 9.17) is 0 Å². The lowest BCUT2D eigenvalue weighted by Crippen LogP contribution is -2.41. The van der Waals surface area contributed by atoms with Gasteiger partial charge in [0.2, 0.25) is 0 Å². The van der Waals surface area contributed by atoms with Crippen LogP contribution in [0, 0.1) is 18.8 Å².